The highest BCUT2D eigenvalue weighted by molar-refractivity contribution is 8.00. The van der Waals surface area contributed by atoms with Crippen LogP contribution in [0.5, 0.6) is 0 Å². The highest BCUT2D eigenvalue weighted by Gasteiger charge is 2.46. The SMILES string of the molecule is COCCOC1C(OC)[C@@H](COC)S[C@H]1n1cnc2c(=O)[nH]c(N)nc21. The summed E-state index contributed by atoms with van der Waals surface area (Å²) in [7, 11) is 4.92. The molecule has 0 amide bonds. The van der Waals surface area contributed by atoms with Gasteiger partial charge < -0.3 is 24.7 Å². The van der Waals surface area contributed by atoms with Gasteiger partial charge in [-0.1, -0.05) is 0 Å². The topological polar surface area (TPSA) is 127 Å². The number of H-pyrrole nitrogens is 1. The van der Waals surface area contributed by atoms with Crippen molar-refractivity contribution >= 4 is 28.9 Å². The van der Waals surface area contributed by atoms with Gasteiger partial charge in [0.25, 0.3) is 5.56 Å². The van der Waals surface area contributed by atoms with Crippen molar-refractivity contribution in [2.75, 3.05) is 46.9 Å². The lowest BCUT2D eigenvalue weighted by molar-refractivity contribution is -0.0720. The number of nitrogens with zero attached hydrogens (tertiary/aromatic N) is 3. The lowest BCUT2D eigenvalue weighted by atomic mass is 10.1. The van der Waals surface area contributed by atoms with E-state index in [-0.39, 0.29) is 39.9 Å². The lowest BCUT2D eigenvalue weighted by Gasteiger charge is -2.25. The van der Waals surface area contributed by atoms with Crippen molar-refractivity contribution < 1.29 is 18.9 Å². The summed E-state index contributed by atoms with van der Waals surface area (Å²) in [5.41, 5.74) is 5.98. The number of nitrogens with two attached hydrogens (primary N) is 1. The van der Waals surface area contributed by atoms with Crippen molar-refractivity contribution in [1.82, 2.24) is 19.5 Å². The van der Waals surface area contributed by atoms with Gasteiger partial charge >= 0.3 is 0 Å². The smallest absolute Gasteiger partial charge is 0.280 e. The molecular weight excluding hydrogens is 362 g/mol. The van der Waals surface area contributed by atoms with Gasteiger partial charge in [-0.3, -0.25) is 14.3 Å². The molecule has 0 bridgehead atoms. The minimum atomic E-state index is -0.372. The fourth-order valence-corrected chi connectivity index (χ4v) is 4.76. The molecule has 26 heavy (non-hydrogen) atoms. The number of rotatable bonds is 8. The third-order valence-electron chi connectivity index (χ3n) is 4.21. The van der Waals surface area contributed by atoms with E-state index in [0.29, 0.717) is 25.5 Å². The van der Waals surface area contributed by atoms with Crippen LogP contribution in [0.4, 0.5) is 5.95 Å². The number of aromatic nitrogens is 4. The van der Waals surface area contributed by atoms with Gasteiger partial charge in [-0.05, 0) is 0 Å². The molecule has 4 atom stereocenters. The number of aromatic amines is 1. The molecule has 0 saturated carbocycles. The summed E-state index contributed by atoms with van der Waals surface area (Å²) in [4.78, 5) is 23.0. The van der Waals surface area contributed by atoms with Crippen LogP contribution in [-0.2, 0) is 18.9 Å². The maximum atomic E-state index is 12.1. The van der Waals surface area contributed by atoms with E-state index in [0.717, 1.165) is 0 Å². The first-order valence-corrected chi connectivity index (χ1v) is 9.05. The highest BCUT2D eigenvalue weighted by Crippen LogP contribution is 2.45. The van der Waals surface area contributed by atoms with Gasteiger partial charge in [0, 0.05) is 21.3 Å². The Morgan fingerprint density at radius 2 is 2.08 bits per heavy atom. The van der Waals surface area contributed by atoms with Crippen molar-refractivity contribution in [3.8, 4) is 0 Å². The molecule has 1 saturated heterocycles. The predicted octanol–water partition coefficient (Wildman–Crippen LogP) is 0.00880. The van der Waals surface area contributed by atoms with E-state index in [4.69, 9.17) is 24.7 Å². The first-order chi connectivity index (χ1) is 12.6. The second-order valence-electron chi connectivity index (χ2n) is 5.82. The van der Waals surface area contributed by atoms with Crippen molar-refractivity contribution in [2.24, 2.45) is 0 Å². The van der Waals surface area contributed by atoms with Gasteiger partial charge in [-0.2, -0.15) is 4.98 Å². The summed E-state index contributed by atoms with van der Waals surface area (Å²) < 4.78 is 24.0. The molecule has 11 heteroatoms. The molecule has 2 aromatic heterocycles. The number of nitrogen functional groups attached to an aromatic ring is 1. The Hall–Kier alpha value is -1.66. The molecule has 2 unspecified atom stereocenters. The number of thioether (sulfide) groups is 1. The summed E-state index contributed by atoms with van der Waals surface area (Å²) in [5.74, 6) is 0.0424. The van der Waals surface area contributed by atoms with Gasteiger partial charge in [-0.15, -0.1) is 11.8 Å². The molecule has 0 aliphatic carbocycles. The molecule has 1 aliphatic heterocycles. The Kier molecular flexibility index (Phi) is 6.14. The van der Waals surface area contributed by atoms with Crippen LogP contribution in [0.2, 0.25) is 0 Å². The van der Waals surface area contributed by atoms with Gasteiger partial charge in [-0.25, -0.2) is 4.98 Å². The van der Waals surface area contributed by atoms with Crippen LogP contribution in [0.25, 0.3) is 11.2 Å². The fraction of sp³-hybridized carbons (Fsp3) is 0.667. The molecule has 3 N–H and O–H groups in total. The van der Waals surface area contributed by atoms with Gasteiger partial charge in [0.1, 0.15) is 17.6 Å². The van der Waals surface area contributed by atoms with Crippen molar-refractivity contribution in [2.45, 2.75) is 22.8 Å². The van der Waals surface area contributed by atoms with Crippen molar-refractivity contribution in [3.63, 3.8) is 0 Å². The second kappa shape index (κ2) is 8.35. The zero-order valence-electron chi connectivity index (χ0n) is 14.9. The zero-order valence-corrected chi connectivity index (χ0v) is 15.7. The van der Waals surface area contributed by atoms with Gasteiger partial charge in [0.15, 0.2) is 11.2 Å². The lowest BCUT2D eigenvalue weighted by Crippen LogP contribution is -2.38. The molecule has 0 spiro atoms. The number of methoxy groups -OCH3 is 3. The largest absolute Gasteiger partial charge is 0.383 e. The van der Waals surface area contributed by atoms with E-state index in [1.54, 1.807) is 39.4 Å². The Bertz CT molecular complexity index is 796. The standard InChI is InChI=1S/C15H23N5O5S/c1-22-4-5-25-11-10(24-3)8(6-23-2)26-14(11)20-7-17-9-12(20)18-15(16)19-13(9)21/h7-8,10-11,14H,4-6H2,1-3H3,(H3,16,18,19,21)/t8-,10?,11?,14-/m1/s1. The third kappa shape index (κ3) is 3.58. The first kappa shape index (κ1) is 19.1. The summed E-state index contributed by atoms with van der Waals surface area (Å²) >= 11 is 1.63. The van der Waals surface area contributed by atoms with Crippen LogP contribution in [0.3, 0.4) is 0 Å². The van der Waals surface area contributed by atoms with Crippen LogP contribution in [0.15, 0.2) is 11.1 Å². The number of nitrogens with one attached hydrogen (secondary N) is 1. The minimum absolute atomic E-state index is 0.0424. The normalized spacial score (nSPS) is 26.0. The highest BCUT2D eigenvalue weighted by atomic mass is 32.2. The maximum absolute atomic E-state index is 12.1. The number of anilines is 1. The van der Waals surface area contributed by atoms with Gasteiger partial charge in [0.05, 0.1) is 31.4 Å². The number of imidazole rings is 1. The van der Waals surface area contributed by atoms with Crippen LogP contribution >= 0.6 is 11.8 Å². The average Bonchev–Trinajstić information content (AvgIpc) is 3.17. The molecule has 2 aromatic rings. The van der Waals surface area contributed by atoms with Crippen LogP contribution in [-0.4, -0.2) is 78.1 Å². The first-order valence-electron chi connectivity index (χ1n) is 8.10. The molecular formula is C15H23N5O5S. The zero-order chi connectivity index (χ0) is 18.7. The Morgan fingerprint density at radius 1 is 1.27 bits per heavy atom. The number of hydrogen-bond acceptors (Lipinski definition) is 9. The average molecular weight is 385 g/mol. The molecule has 144 valence electrons. The van der Waals surface area contributed by atoms with E-state index in [1.807, 2.05) is 4.57 Å². The minimum Gasteiger partial charge on any atom is -0.383 e. The third-order valence-corrected chi connectivity index (χ3v) is 5.74. The Labute approximate surface area is 154 Å². The van der Waals surface area contributed by atoms with E-state index in [1.165, 1.54) is 0 Å². The number of fused-ring (bicyclic) bond motifs is 1. The summed E-state index contributed by atoms with van der Waals surface area (Å²) in [6, 6.07) is 0. The van der Waals surface area contributed by atoms with Gasteiger partial charge in [0.2, 0.25) is 5.95 Å². The van der Waals surface area contributed by atoms with E-state index >= 15 is 0 Å². The summed E-state index contributed by atoms with van der Waals surface area (Å²) in [6.45, 7) is 1.39. The van der Waals surface area contributed by atoms with Crippen LogP contribution in [0, 0.1) is 0 Å². The molecule has 10 nitrogen and oxygen atoms in total. The molecule has 3 heterocycles. The Balaban J connectivity index is 1.98. The van der Waals surface area contributed by atoms with E-state index < -0.39 is 0 Å². The monoisotopic (exact) mass is 385 g/mol. The molecule has 1 fully saturated rings. The summed E-state index contributed by atoms with van der Waals surface area (Å²) in [5, 5.41) is -0.144. The molecule has 0 radical (unpaired) electrons. The van der Waals surface area contributed by atoms with Crippen LogP contribution in [0.1, 0.15) is 5.37 Å². The number of ether oxygens (including phenoxy) is 4. The second-order valence-corrected chi connectivity index (χ2v) is 7.18. The van der Waals surface area contributed by atoms with Crippen LogP contribution < -0.4 is 11.3 Å². The van der Waals surface area contributed by atoms with E-state index in [9.17, 15) is 4.79 Å². The molecule has 3 rings (SSSR count). The predicted molar refractivity (Wildman–Crippen MR) is 97.3 cm³/mol. The molecule has 0 aromatic carbocycles. The number of hydrogen-bond donors (Lipinski definition) is 2. The quantitative estimate of drug-likeness (QED) is 0.604. The Morgan fingerprint density at radius 3 is 2.77 bits per heavy atom. The fourth-order valence-electron chi connectivity index (χ4n) is 3.09. The maximum Gasteiger partial charge on any atom is 0.280 e. The summed E-state index contributed by atoms with van der Waals surface area (Å²) in [6.07, 6.45) is 1.09. The van der Waals surface area contributed by atoms with Crippen molar-refractivity contribution in [1.29, 1.82) is 0 Å². The van der Waals surface area contributed by atoms with E-state index in [2.05, 4.69) is 15.0 Å². The van der Waals surface area contributed by atoms with Crippen molar-refractivity contribution in [3.05, 3.63) is 16.7 Å². The molecule has 1 aliphatic rings.